The molecule has 0 unspecified atom stereocenters. The molecule has 1 aromatic carbocycles. The summed E-state index contributed by atoms with van der Waals surface area (Å²) in [6, 6.07) is 6.55. The summed E-state index contributed by atoms with van der Waals surface area (Å²) >= 11 is 1.44. The molecule has 0 atom stereocenters. The summed E-state index contributed by atoms with van der Waals surface area (Å²) in [5, 5.41) is 21.1. The fourth-order valence-corrected chi connectivity index (χ4v) is 2.74. The van der Waals surface area contributed by atoms with Crippen molar-refractivity contribution in [3.63, 3.8) is 0 Å². The molecule has 6 nitrogen and oxygen atoms in total. The van der Waals surface area contributed by atoms with Gasteiger partial charge in [-0.05, 0) is 13.8 Å². The van der Waals surface area contributed by atoms with E-state index in [1.807, 2.05) is 29.9 Å². The van der Waals surface area contributed by atoms with Crippen LogP contribution in [-0.2, 0) is 6.54 Å². The first-order valence-electron chi connectivity index (χ1n) is 6.62. The number of thiazole rings is 1. The number of nitro benzene ring substituents is 1. The van der Waals surface area contributed by atoms with Crippen LogP contribution in [0.3, 0.4) is 0 Å². The van der Waals surface area contributed by atoms with Gasteiger partial charge in [-0.3, -0.25) is 10.1 Å². The van der Waals surface area contributed by atoms with Crippen molar-refractivity contribution in [2.45, 2.75) is 20.4 Å². The topological polar surface area (TPSA) is 72.8 Å². The number of aromatic nitrogens is 1. The summed E-state index contributed by atoms with van der Waals surface area (Å²) in [7, 11) is 0. The average Bonchev–Trinajstić information content (AvgIpc) is 2.88. The Morgan fingerprint density at radius 2 is 2.27 bits per heavy atom. The van der Waals surface area contributed by atoms with Crippen LogP contribution in [0.1, 0.15) is 13.8 Å². The minimum absolute atomic E-state index is 0.0646. The van der Waals surface area contributed by atoms with Crippen LogP contribution in [0.15, 0.2) is 52.5 Å². The Morgan fingerprint density at radius 3 is 2.91 bits per heavy atom. The number of benzene rings is 1. The molecular formula is C15H16N4O2S. The average molecular weight is 316 g/mol. The Kier molecular flexibility index (Phi) is 5.00. The van der Waals surface area contributed by atoms with Gasteiger partial charge in [0, 0.05) is 35.3 Å². The Labute approximate surface area is 131 Å². The third-order valence-corrected chi connectivity index (χ3v) is 3.65. The lowest BCUT2D eigenvalue weighted by Gasteiger charge is -2.06. The number of hydrogen-bond acceptors (Lipinski definition) is 5. The number of non-ortho nitro benzene ring substituents is 1. The van der Waals surface area contributed by atoms with Crippen molar-refractivity contribution in [1.82, 2.24) is 4.57 Å². The molecule has 0 radical (unpaired) electrons. The zero-order valence-electron chi connectivity index (χ0n) is 12.4. The molecule has 0 saturated carbocycles. The highest BCUT2D eigenvalue weighted by Crippen LogP contribution is 2.24. The lowest BCUT2D eigenvalue weighted by atomic mass is 10.1. The summed E-state index contributed by atoms with van der Waals surface area (Å²) in [6.07, 6.45) is 1.76. The van der Waals surface area contributed by atoms with E-state index in [4.69, 9.17) is 0 Å². The molecule has 0 bridgehead atoms. The van der Waals surface area contributed by atoms with Gasteiger partial charge in [-0.2, -0.15) is 5.10 Å². The van der Waals surface area contributed by atoms with E-state index >= 15 is 0 Å². The normalized spacial score (nSPS) is 11.3. The summed E-state index contributed by atoms with van der Waals surface area (Å²) in [6.45, 7) is 8.05. The van der Waals surface area contributed by atoms with E-state index < -0.39 is 4.92 Å². The maximum Gasteiger partial charge on any atom is 0.270 e. The minimum Gasteiger partial charge on any atom is -0.311 e. The van der Waals surface area contributed by atoms with Crippen molar-refractivity contribution in [3.05, 3.63) is 57.2 Å². The molecule has 7 heteroatoms. The number of nitro groups is 1. The van der Waals surface area contributed by atoms with Crippen LogP contribution >= 0.6 is 11.3 Å². The predicted octanol–water partition coefficient (Wildman–Crippen LogP) is 3.61. The standard InChI is InChI=1S/C15H16N4O2S/c1-4-8-18-14(10-22-15(18)17-16-11(2)3)12-6-5-7-13(9-12)19(20)21/h4-7,9-10H,1,8H2,2-3H3/b17-15-. The molecular weight excluding hydrogens is 300 g/mol. The van der Waals surface area contributed by atoms with Gasteiger partial charge in [0.2, 0.25) is 4.80 Å². The van der Waals surface area contributed by atoms with Crippen LogP contribution in [0.2, 0.25) is 0 Å². The Bertz CT molecular complexity index is 798. The van der Waals surface area contributed by atoms with E-state index in [1.54, 1.807) is 18.2 Å². The minimum atomic E-state index is -0.399. The van der Waals surface area contributed by atoms with Gasteiger partial charge in [0.15, 0.2) is 0 Å². The largest absolute Gasteiger partial charge is 0.311 e. The first-order valence-corrected chi connectivity index (χ1v) is 7.50. The summed E-state index contributed by atoms with van der Waals surface area (Å²) in [5.74, 6) is 0. The fraction of sp³-hybridized carbons (Fsp3) is 0.200. The maximum atomic E-state index is 10.9. The smallest absolute Gasteiger partial charge is 0.270 e. The Balaban J connectivity index is 2.58. The quantitative estimate of drug-likeness (QED) is 0.366. The Morgan fingerprint density at radius 1 is 1.50 bits per heavy atom. The van der Waals surface area contributed by atoms with Crippen molar-refractivity contribution in [2.75, 3.05) is 0 Å². The van der Waals surface area contributed by atoms with Crippen LogP contribution < -0.4 is 4.80 Å². The van der Waals surface area contributed by atoms with E-state index in [-0.39, 0.29) is 5.69 Å². The van der Waals surface area contributed by atoms with Gasteiger partial charge in [0.25, 0.3) is 5.69 Å². The van der Waals surface area contributed by atoms with Gasteiger partial charge in [-0.25, -0.2) is 0 Å². The van der Waals surface area contributed by atoms with Crippen LogP contribution in [-0.4, -0.2) is 15.2 Å². The van der Waals surface area contributed by atoms with Crippen LogP contribution in [0.25, 0.3) is 11.3 Å². The van der Waals surface area contributed by atoms with Gasteiger partial charge < -0.3 is 4.57 Å². The van der Waals surface area contributed by atoms with Gasteiger partial charge in [-0.1, -0.05) is 18.2 Å². The number of allylic oxidation sites excluding steroid dienone is 1. The zero-order valence-corrected chi connectivity index (χ0v) is 13.2. The van der Waals surface area contributed by atoms with Gasteiger partial charge >= 0.3 is 0 Å². The highest BCUT2D eigenvalue weighted by Gasteiger charge is 2.11. The predicted molar refractivity (Wildman–Crippen MR) is 88.9 cm³/mol. The first-order chi connectivity index (χ1) is 10.5. The molecule has 0 N–H and O–H groups in total. The van der Waals surface area contributed by atoms with E-state index in [0.717, 1.165) is 21.8 Å². The van der Waals surface area contributed by atoms with Crippen LogP contribution in [0.5, 0.6) is 0 Å². The highest BCUT2D eigenvalue weighted by molar-refractivity contribution is 7.07. The second kappa shape index (κ2) is 6.95. The SMILES string of the molecule is C=CCn1c(-c2cccc([N+](=O)[O-])c2)cs/c1=N\N=C(C)C. The highest BCUT2D eigenvalue weighted by atomic mass is 32.1. The lowest BCUT2D eigenvalue weighted by molar-refractivity contribution is -0.384. The molecule has 1 heterocycles. The van der Waals surface area contributed by atoms with E-state index in [2.05, 4.69) is 16.8 Å². The van der Waals surface area contributed by atoms with Crippen LogP contribution in [0.4, 0.5) is 5.69 Å². The molecule has 1 aromatic heterocycles. The summed E-state index contributed by atoms with van der Waals surface area (Å²) in [5.41, 5.74) is 2.55. The molecule has 2 aromatic rings. The number of nitrogens with zero attached hydrogens (tertiary/aromatic N) is 4. The molecule has 0 fully saturated rings. The lowest BCUT2D eigenvalue weighted by Crippen LogP contribution is -2.14. The second-order valence-corrected chi connectivity index (χ2v) is 5.59. The molecule has 0 aliphatic heterocycles. The molecule has 0 saturated heterocycles. The van der Waals surface area contributed by atoms with E-state index in [1.165, 1.54) is 17.4 Å². The van der Waals surface area contributed by atoms with E-state index in [0.29, 0.717) is 6.54 Å². The van der Waals surface area contributed by atoms with Crippen molar-refractivity contribution < 1.29 is 4.92 Å². The monoisotopic (exact) mass is 316 g/mol. The third kappa shape index (κ3) is 3.56. The zero-order chi connectivity index (χ0) is 16.1. The summed E-state index contributed by atoms with van der Waals surface area (Å²) < 4.78 is 1.93. The molecule has 114 valence electrons. The molecule has 22 heavy (non-hydrogen) atoms. The van der Waals surface area contributed by atoms with Crippen molar-refractivity contribution in [1.29, 1.82) is 0 Å². The summed E-state index contributed by atoms with van der Waals surface area (Å²) in [4.78, 5) is 11.3. The van der Waals surface area contributed by atoms with Gasteiger partial charge in [0.05, 0.1) is 10.6 Å². The van der Waals surface area contributed by atoms with Crippen molar-refractivity contribution >= 4 is 22.7 Å². The van der Waals surface area contributed by atoms with Crippen molar-refractivity contribution in [2.24, 2.45) is 10.2 Å². The molecule has 2 rings (SSSR count). The molecule has 0 spiro atoms. The second-order valence-electron chi connectivity index (χ2n) is 4.76. The van der Waals surface area contributed by atoms with Gasteiger partial charge in [-0.15, -0.1) is 23.0 Å². The number of hydrogen-bond donors (Lipinski definition) is 0. The maximum absolute atomic E-state index is 10.9. The number of rotatable bonds is 5. The molecule has 0 amide bonds. The fourth-order valence-electron chi connectivity index (χ4n) is 1.87. The van der Waals surface area contributed by atoms with E-state index in [9.17, 15) is 10.1 Å². The van der Waals surface area contributed by atoms with Crippen LogP contribution in [0, 0.1) is 10.1 Å². The third-order valence-electron chi connectivity index (χ3n) is 2.80. The molecule has 0 aliphatic carbocycles. The van der Waals surface area contributed by atoms with Gasteiger partial charge in [0.1, 0.15) is 0 Å². The Hall–Kier alpha value is -2.54. The first kappa shape index (κ1) is 15.8. The van der Waals surface area contributed by atoms with Crippen molar-refractivity contribution in [3.8, 4) is 11.3 Å². The molecule has 0 aliphatic rings.